The van der Waals surface area contributed by atoms with Crippen LogP contribution in [-0.2, 0) is 4.79 Å². The monoisotopic (exact) mass is 414 g/mol. The summed E-state index contributed by atoms with van der Waals surface area (Å²) < 4.78 is 0.895. The number of halogens is 3. The van der Waals surface area contributed by atoms with E-state index < -0.39 is 0 Å². The number of carbonyl (C=O) groups is 2. The lowest BCUT2D eigenvalue weighted by Gasteiger charge is -2.08. The highest BCUT2D eigenvalue weighted by molar-refractivity contribution is 9.10. The van der Waals surface area contributed by atoms with Gasteiger partial charge in [0.2, 0.25) is 5.91 Å². The van der Waals surface area contributed by atoms with Crippen LogP contribution in [0.15, 0.2) is 46.9 Å². The summed E-state index contributed by atoms with van der Waals surface area (Å²) in [5.41, 5.74) is 0.981. The lowest BCUT2D eigenvalue weighted by Crippen LogP contribution is -2.27. The van der Waals surface area contributed by atoms with Crippen LogP contribution in [0.2, 0.25) is 10.0 Å². The molecule has 0 aromatic heterocycles. The van der Waals surface area contributed by atoms with Crippen LogP contribution in [0.3, 0.4) is 0 Å². The van der Waals surface area contributed by atoms with Crippen molar-refractivity contribution in [1.29, 1.82) is 0 Å². The van der Waals surface area contributed by atoms with Crippen molar-refractivity contribution in [1.82, 2.24) is 5.32 Å². The standard InChI is InChI=1S/C16H13BrCl2N2O2/c17-11-3-1-10(2-4-11)16(23)20-8-7-15(22)21-14-9-12(18)5-6-13(14)19/h1-6,9H,7-8H2,(H,20,23)(H,21,22). The van der Waals surface area contributed by atoms with Gasteiger partial charge >= 0.3 is 0 Å². The Labute approximate surface area is 152 Å². The Morgan fingerprint density at radius 1 is 1.04 bits per heavy atom. The van der Waals surface area contributed by atoms with E-state index in [2.05, 4.69) is 26.6 Å². The molecule has 0 aliphatic rings. The van der Waals surface area contributed by atoms with Gasteiger partial charge in [-0.25, -0.2) is 0 Å². The van der Waals surface area contributed by atoms with Gasteiger partial charge in [0.05, 0.1) is 10.7 Å². The smallest absolute Gasteiger partial charge is 0.251 e. The number of anilines is 1. The van der Waals surface area contributed by atoms with Gasteiger partial charge in [-0.3, -0.25) is 9.59 Å². The van der Waals surface area contributed by atoms with Gasteiger partial charge in [0.25, 0.3) is 5.91 Å². The lowest BCUT2D eigenvalue weighted by molar-refractivity contribution is -0.116. The zero-order valence-corrected chi connectivity index (χ0v) is 15.0. The van der Waals surface area contributed by atoms with Crippen molar-refractivity contribution in [3.05, 3.63) is 62.5 Å². The molecule has 0 bridgehead atoms. The number of hydrogen-bond acceptors (Lipinski definition) is 2. The third kappa shape index (κ3) is 5.53. The van der Waals surface area contributed by atoms with Crippen LogP contribution < -0.4 is 10.6 Å². The van der Waals surface area contributed by atoms with Gasteiger partial charge in [-0.1, -0.05) is 39.1 Å². The van der Waals surface area contributed by atoms with Crippen molar-refractivity contribution in [2.45, 2.75) is 6.42 Å². The molecule has 2 rings (SSSR count). The molecular weight excluding hydrogens is 403 g/mol. The van der Waals surface area contributed by atoms with Gasteiger partial charge in [0, 0.05) is 28.0 Å². The summed E-state index contributed by atoms with van der Waals surface area (Å²) >= 11 is 15.1. The molecule has 0 fully saturated rings. The summed E-state index contributed by atoms with van der Waals surface area (Å²) in [4.78, 5) is 23.8. The van der Waals surface area contributed by atoms with Gasteiger partial charge < -0.3 is 10.6 Å². The Morgan fingerprint density at radius 3 is 2.43 bits per heavy atom. The summed E-state index contributed by atoms with van der Waals surface area (Å²) in [7, 11) is 0. The van der Waals surface area contributed by atoms with Gasteiger partial charge in [-0.15, -0.1) is 0 Å². The van der Waals surface area contributed by atoms with Crippen molar-refractivity contribution >= 4 is 56.6 Å². The fraction of sp³-hybridized carbons (Fsp3) is 0.125. The van der Waals surface area contributed by atoms with Crippen molar-refractivity contribution in [3.8, 4) is 0 Å². The van der Waals surface area contributed by atoms with Crippen LogP contribution in [0.4, 0.5) is 5.69 Å². The third-order valence-corrected chi connectivity index (χ3v) is 4.04. The number of carbonyl (C=O) groups excluding carboxylic acids is 2. The van der Waals surface area contributed by atoms with Crippen LogP contribution in [0.1, 0.15) is 16.8 Å². The molecule has 2 amide bonds. The number of rotatable bonds is 5. The molecule has 0 aliphatic carbocycles. The van der Waals surface area contributed by atoms with E-state index in [4.69, 9.17) is 23.2 Å². The highest BCUT2D eigenvalue weighted by Gasteiger charge is 2.09. The quantitative estimate of drug-likeness (QED) is 0.754. The van der Waals surface area contributed by atoms with Gasteiger partial charge in [-0.2, -0.15) is 0 Å². The Balaban J connectivity index is 1.81. The van der Waals surface area contributed by atoms with Crippen molar-refractivity contribution in [2.24, 2.45) is 0 Å². The fourth-order valence-corrected chi connectivity index (χ4v) is 2.40. The molecule has 0 saturated carbocycles. The average Bonchev–Trinajstić information content (AvgIpc) is 2.51. The van der Waals surface area contributed by atoms with Gasteiger partial charge in [-0.05, 0) is 42.5 Å². The fourth-order valence-electron chi connectivity index (χ4n) is 1.80. The Morgan fingerprint density at radius 2 is 1.74 bits per heavy atom. The van der Waals surface area contributed by atoms with E-state index in [0.29, 0.717) is 21.3 Å². The molecule has 23 heavy (non-hydrogen) atoms. The maximum absolute atomic E-state index is 11.9. The summed E-state index contributed by atoms with van der Waals surface area (Å²) in [5.74, 6) is -0.489. The van der Waals surface area contributed by atoms with Crippen LogP contribution in [-0.4, -0.2) is 18.4 Å². The van der Waals surface area contributed by atoms with Crippen LogP contribution in [0, 0.1) is 0 Å². The lowest BCUT2D eigenvalue weighted by atomic mass is 10.2. The zero-order valence-electron chi connectivity index (χ0n) is 11.9. The summed E-state index contributed by atoms with van der Waals surface area (Å²) in [6.07, 6.45) is 0.130. The first kappa shape index (κ1) is 17.8. The van der Waals surface area contributed by atoms with Crippen molar-refractivity contribution in [2.75, 3.05) is 11.9 Å². The Hall–Kier alpha value is -1.56. The maximum Gasteiger partial charge on any atom is 0.251 e. The van der Waals surface area contributed by atoms with E-state index in [1.807, 2.05) is 0 Å². The third-order valence-electron chi connectivity index (χ3n) is 2.95. The molecule has 120 valence electrons. The van der Waals surface area contributed by atoms with E-state index in [1.54, 1.807) is 42.5 Å². The van der Waals surface area contributed by atoms with E-state index in [1.165, 1.54) is 0 Å². The minimum absolute atomic E-state index is 0.130. The molecule has 0 aliphatic heterocycles. The van der Waals surface area contributed by atoms with E-state index >= 15 is 0 Å². The average molecular weight is 416 g/mol. The van der Waals surface area contributed by atoms with E-state index in [9.17, 15) is 9.59 Å². The van der Waals surface area contributed by atoms with Gasteiger partial charge in [0.1, 0.15) is 0 Å². The predicted octanol–water partition coefficient (Wildman–Crippen LogP) is 4.51. The predicted molar refractivity (Wildman–Crippen MR) is 96.2 cm³/mol. The summed E-state index contributed by atoms with van der Waals surface area (Å²) in [6.45, 7) is 0.221. The molecular formula is C16H13BrCl2N2O2. The van der Waals surface area contributed by atoms with E-state index in [-0.39, 0.29) is 24.8 Å². The normalized spacial score (nSPS) is 10.2. The number of hydrogen-bond donors (Lipinski definition) is 2. The maximum atomic E-state index is 11.9. The molecule has 7 heteroatoms. The van der Waals surface area contributed by atoms with Gasteiger partial charge in [0.15, 0.2) is 0 Å². The first-order chi connectivity index (χ1) is 11.0. The highest BCUT2D eigenvalue weighted by Crippen LogP contribution is 2.25. The first-order valence-corrected chi connectivity index (χ1v) is 8.29. The van der Waals surface area contributed by atoms with Crippen molar-refractivity contribution in [3.63, 3.8) is 0 Å². The number of benzene rings is 2. The largest absolute Gasteiger partial charge is 0.352 e. The molecule has 2 aromatic carbocycles. The molecule has 0 heterocycles. The Kier molecular flexibility index (Phi) is 6.45. The molecule has 2 aromatic rings. The number of nitrogens with one attached hydrogen (secondary N) is 2. The second kappa shape index (κ2) is 8.34. The summed E-state index contributed by atoms with van der Waals surface area (Å²) in [5, 5.41) is 6.23. The zero-order chi connectivity index (χ0) is 16.8. The number of amides is 2. The minimum Gasteiger partial charge on any atom is -0.352 e. The first-order valence-electron chi connectivity index (χ1n) is 6.74. The van der Waals surface area contributed by atoms with Crippen LogP contribution in [0.25, 0.3) is 0 Å². The van der Waals surface area contributed by atoms with E-state index in [0.717, 1.165) is 4.47 Å². The SMILES string of the molecule is O=C(CCNC(=O)c1ccc(Br)cc1)Nc1cc(Cl)ccc1Cl. The second-order valence-corrected chi connectivity index (χ2v) is 6.44. The topological polar surface area (TPSA) is 58.2 Å². The molecule has 0 atom stereocenters. The second-order valence-electron chi connectivity index (χ2n) is 4.69. The molecule has 0 spiro atoms. The molecule has 0 saturated heterocycles. The summed E-state index contributed by atoms with van der Waals surface area (Å²) in [6, 6.07) is 11.8. The molecule has 0 unspecified atom stereocenters. The molecule has 0 radical (unpaired) electrons. The highest BCUT2D eigenvalue weighted by atomic mass is 79.9. The minimum atomic E-state index is -0.259. The van der Waals surface area contributed by atoms with Crippen molar-refractivity contribution < 1.29 is 9.59 Å². The molecule has 4 nitrogen and oxygen atoms in total. The Bertz CT molecular complexity index is 721. The molecule has 2 N–H and O–H groups in total. The van der Waals surface area contributed by atoms with Crippen LogP contribution >= 0.6 is 39.1 Å². The van der Waals surface area contributed by atoms with Crippen LogP contribution in [0.5, 0.6) is 0 Å².